The number of allylic oxidation sites excluding steroid dienone is 4. The zero-order valence-corrected chi connectivity index (χ0v) is 25.7. The molecule has 0 spiro atoms. The number of fused-ring (bicyclic) bond motifs is 5. The molecular formula is C43H30N4. The molecule has 10 rings (SSSR count). The topological polar surface area (TPSA) is 26.0 Å². The molecule has 1 aliphatic heterocycles. The van der Waals surface area contributed by atoms with Crippen molar-refractivity contribution in [1.29, 1.82) is 0 Å². The van der Waals surface area contributed by atoms with Crippen molar-refractivity contribution in [2.45, 2.75) is 12.5 Å². The van der Waals surface area contributed by atoms with Crippen molar-refractivity contribution in [3.05, 3.63) is 163 Å². The smallest absolute Gasteiger partial charge is 0.141 e. The summed E-state index contributed by atoms with van der Waals surface area (Å²) in [5.74, 6) is 1.00. The van der Waals surface area contributed by atoms with Gasteiger partial charge in [0, 0.05) is 45.7 Å². The highest BCUT2D eigenvalue weighted by molar-refractivity contribution is 6.22. The van der Waals surface area contributed by atoms with E-state index in [-0.39, 0.29) is 6.04 Å². The number of para-hydroxylation sites is 4. The van der Waals surface area contributed by atoms with Crippen molar-refractivity contribution in [1.82, 2.24) is 14.1 Å². The molecule has 4 nitrogen and oxygen atoms in total. The quantitative estimate of drug-likeness (QED) is 0.200. The third-order valence-corrected chi connectivity index (χ3v) is 9.79. The fourth-order valence-electron chi connectivity index (χ4n) is 7.80. The minimum Gasteiger partial charge on any atom is -0.317 e. The van der Waals surface area contributed by atoms with Gasteiger partial charge in [0.05, 0.1) is 33.8 Å². The highest BCUT2D eigenvalue weighted by atomic mass is 15.1. The summed E-state index contributed by atoms with van der Waals surface area (Å²) in [7, 11) is 0. The molecule has 0 saturated carbocycles. The first-order valence-corrected chi connectivity index (χ1v) is 16.2. The molecule has 1 aliphatic carbocycles. The zero-order chi connectivity index (χ0) is 30.9. The molecule has 8 aromatic rings. The maximum atomic E-state index is 5.14. The first-order chi connectivity index (χ1) is 23.3. The van der Waals surface area contributed by atoms with Crippen molar-refractivity contribution in [3.8, 4) is 11.4 Å². The van der Waals surface area contributed by atoms with Crippen LogP contribution in [-0.2, 0) is 0 Å². The third kappa shape index (κ3) is 3.91. The number of benzene rings is 6. The van der Waals surface area contributed by atoms with Crippen LogP contribution in [0.4, 0.5) is 11.4 Å². The van der Waals surface area contributed by atoms with Crippen molar-refractivity contribution in [2.75, 3.05) is 4.90 Å². The summed E-state index contributed by atoms with van der Waals surface area (Å²) < 4.78 is 4.93. The van der Waals surface area contributed by atoms with Gasteiger partial charge in [-0.05, 0) is 65.6 Å². The van der Waals surface area contributed by atoms with Gasteiger partial charge in [-0.2, -0.15) is 0 Å². The van der Waals surface area contributed by atoms with E-state index in [0.29, 0.717) is 0 Å². The van der Waals surface area contributed by atoms with Gasteiger partial charge in [0.15, 0.2) is 0 Å². The highest BCUT2D eigenvalue weighted by Crippen LogP contribution is 2.46. The van der Waals surface area contributed by atoms with E-state index in [1.165, 1.54) is 49.5 Å². The molecule has 2 aliphatic rings. The third-order valence-electron chi connectivity index (χ3n) is 9.79. The number of aromatic nitrogens is 3. The number of hydrogen-bond donors (Lipinski definition) is 0. The van der Waals surface area contributed by atoms with Gasteiger partial charge in [0.1, 0.15) is 5.82 Å². The monoisotopic (exact) mass is 602 g/mol. The van der Waals surface area contributed by atoms with Crippen LogP contribution in [-0.4, -0.2) is 14.1 Å². The Hall–Kier alpha value is -6.13. The highest BCUT2D eigenvalue weighted by Gasteiger charge is 2.26. The average molecular weight is 603 g/mol. The van der Waals surface area contributed by atoms with Crippen LogP contribution in [0.25, 0.3) is 66.8 Å². The van der Waals surface area contributed by atoms with Gasteiger partial charge in [-0.25, -0.2) is 4.98 Å². The minimum atomic E-state index is 0.110. The van der Waals surface area contributed by atoms with Crippen molar-refractivity contribution >= 4 is 66.8 Å². The molecule has 1 unspecified atom stereocenters. The number of anilines is 2. The van der Waals surface area contributed by atoms with Gasteiger partial charge in [0.2, 0.25) is 0 Å². The summed E-state index contributed by atoms with van der Waals surface area (Å²) in [5.41, 5.74) is 10.7. The van der Waals surface area contributed by atoms with E-state index in [4.69, 9.17) is 4.98 Å². The summed E-state index contributed by atoms with van der Waals surface area (Å²) in [5, 5.41) is 5.11. The summed E-state index contributed by atoms with van der Waals surface area (Å²) in [6.45, 7) is 0. The van der Waals surface area contributed by atoms with E-state index in [1.54, 1.807) is 0 Å². The van der Waals surface area contributed by atoms with Gasteiger partial charge >= 0.3 is 0 Å². The lowest BCUT2D eigenvalue weighted by molar-refractivity contribution is 0.629. The Morgan fingerprint density at radius 2 is 1.43 bits per heavy atom. The van der Waals surface area contributed by atoms with Crippen LogP contribution in [0.1, 0.15) is 18.0 Å². The van der Waals surface area contributed by atoms with Gasteiger partial charge in [-0.3, -0.25) is 0 Å². The van der Waals surface area contributed by atoms with Crippen LogP contribution in [0.3, 0.4) is 0 Å². The Bertz CT molecular complexity index is 2600. The van der Waals surface area contributed by atoms with Crippen LogP contribution in [0.15, 0.2) is 158 Å². The molecule has 0 radical (unpaired) electrons. The molecular weight excluding hydrogens is 573 g/mol. The lowest BCUT2D eigenvalue weighted by Gasteiger charge is -2.27. The van der Waals surface area contributed by atoms with Gasteiger partial charge in [-0.1, -0.05) is 103 Å². The van der Waals surface area contributed by atoms with E-state index in [0.717, 1.165) is 34.5 Å². The van der Waals surface area contributed by atoms with Gasteiger partial charge in [-0.15, -0.1) is 0 Å². The summed E-state index contributed by atoms with van der Waals surface area (Å²) in [4.78, 5) is 7.44. The Morgan fingerprint density at radius 1 is 0.660 bits per heavy atom. The first kappa shape index (κ1) is 26.1. The molecule has 3 heterocycles. The lowest BCUT2D eigenvalue weighted by atomic mass is 9.94. The lowest BCUT2D eigenvalue weighted by Crippen LogP contribution is -2.13. The Balaban J connectivity index is 1.17. The van der Waals surface area contributed by atoms with Crippen molar-refractivity contribution < 1.29 is 0 Å². The number of rotatable bonds is 4. The first-order valence-electron chi connectivity index (χ1n) is 16.2. The molecule has 222 valence electrons. The van der Waals surface area contributed by atoms with E-state index in [1.807, 2.05) is 0 Å². The molecule has 0 bridgehead atoms. The summed E-state index contributed by atoms with van der Waals surface area (Å²) in [6.07, 6.45) is 12.2. The van der Waals surface area contributed by atoms with Crippen LogP contribution >= 0.6 is 0 Å². The molecule has 6 aromatic carbocycles. The van der Waals surface area contributed by atoms with Crippen LogP contribution in [0.5, 0.6) is 0 Å². The molecule has 0 saturated heterocycles. The van der Waals surface area contributed by atoms with Crippen LogP contribution < -0.4 is 4.90 Å². The Labute approximate surface area is 272 Å². The normalized spacial score (nSPS) is 15.7. The molecule has 4 heteroatoms. The maximum absolute atomic E-state index is 5.14. The molecule has 47 heavy (non-hydrogen) atoms. The van der Waals surface area contributed by atoms with E-state index in [2.05, 4.69) is 178 Å². The standard InChI is InChI=1S/C43H30N4/c1-3-13-29(14-4-1)43-44-36-21-8-10-23-38(36)47(43)33-19-12-18-32(28-33)46-37-22-9-7-20-34(37)42-35-25-26-45(31-16-5-2-6-17-31)39-24-11-15-30(41(35)39)27-40(42)46/h1-27,33H,28H2. The summed E-state index contributed by atoms with van der Waals surface area (Å²) in [6, 6.07) is 47.8. The van der Waals surface area contributed by atoms with Gasteiger partial charge < -0.3 is 14.0 Å². The van der Waals surface area contributed by atoms with E-state index >= 15 is 0 Å². The van der Waals surface area contributed by atoms with E-state index in [9.17, 15) is 0 Å². The van der Waals surface area contributed by atoms with Crippen molar-refractivity contribution in [2.24, 2.45) is 0 Å². The second-order valence-electron chi connectivity index (χ2n) is 12.4. The fourth-order valence-corrected chi connectivity index (χ4v) is 7.80. The zero-order valence-electron chi connectivity index (χ0n) is 25.7. The number of nitrogens with zero attached hydrogens (tertiary/aromatic N) is 4. The average Bonchev–Trinajstić information content (AvgIpc) is 3.69. The summed E-state index contributed by atoms with van der Waals surface area (Å²) >= 11 is 0. The molecule has 2 aromatic heterocycles. The number of imidazole rings is 1. The van der Waals surface area contributed by atoms with E-state index < -0.39 is 0 Å². The van der Waals surface area contributed by atoms with Crippen molar-refractivity contribution in [3.63, 3.8) is 0 Å². The number of hydrogen-bond acceptors (Lipinski definition) is 2. The molecule has 1 atom stereocenters. The predicted molar refractivity (Wildman–Crippen MR) is 197 cm³/mol. The minimum absolute atomic E-state index is 0.110. The second kappa shape index (κ2) is 10.2. The molecule has 0 amide bonds. The second-order valence-corrected chi connectivity index (χ2v) is 12.4. The molecule has 0 N–H and O–H groups in total. The van der Waals surface area contributed by atoms with Crippen LogP contribution in [0, 0.1) is 0 Å². The van der Waals surface area contributed by atoms with Crippen LogP contribution in [0.2, 0.25) is 0 Å². The largest absolute Gasteiger partial charge is 0.317 e. The fraction of sp³-hybridized carbons (Fsp3) is 0.0465. The maximum Gasteiger partial charge on any atom is 0.141 e. The SMILES string of the molecule is C1=CC(n2c(-c3ccccc3)nc3ccccc32)CC(n2c3ccccc3c3c4c5c(cccc5cc32)N(c2ccccc2)C=C4)=C1. The van der Waals surface area contributed by atoms with Gasteiger partial charge in [0.25, 0.3) is 0 Å². The Morgan fingerprint density at radius 3 is 2.30 bits per heavy atom. The Kier molecular flexibility index (Phi) is 5.67. The molecule has 0 fully saturated rings. The predicted octanol–water partition coefficient (Wildman–Crippen LogP) is 11.1.